The third-order valence-electron chi connectivity index (χ3n) is 3.81. The first-order chi connectivity index (χ1) is 9.20. The lowest BCUT2D eigenvalue weighted by molar-refractivity contribution is 0.238. The Hall–Kier alpha value is -1.51. The van der Waals surface area contributed by atoms with Crippen LogP contribution >= 0.6 is 0 Å². The number of aryl methyl sites for hydroxylation is 1. The topological polar surface area (TPSA) is 32.3 Å². The summed E-state index contributed by atoms with van der Waals surface area (Å²) in [6, 6.07) is 8.51. The maximum atomic E-state index is 12.4. The molecule has 0 heterocycles. The molecule has 1 aromatic rings. The fourth-order valence-electron chi connectivity index (χ4n) is 2.74. The molecule has 104 valence electrons. The number of nitrogens with one attached hydrogen (secondary N) is 1. The van der Waals surface area contributed by atoms with Gasteiger partial charge in [0.2, 0.25) is 0 Å². The third kappa shape index (κ3) is 3.72. The molecule has 3 nitrogen and oxygen atoms in total. The van der Waals surface area contributed by atoms with Crippen LogP contribution in [0.3, 0.4) is 0 Å². The number of nitrogens with zero attached hydrogens (tertiary/aromatic N) is 1. The van der Waals surface area contributed by atoms with Gasteiger partial charge < -0.3 is 5.32 Å². The molecule has 0 bridgehead atoms. The number of hydrogen-bond acceptors (Lipinski definition) is 1. The van der Waals surface area contributed by atoms with Crippen LogP contribution in [0, 0.1) is 6.92 Å². The molecule has 0 aliphatic heterocycles. The van der Waals surface area contributed by atoms with Gasteiger partial charge in [-0.2, -0.15) is 0 Å². The second-order valence-electron chi connectivity index (χ2n) is 5.37. The Bertz CT molecular complexity index is 425. The van der Waals surface area contributed by atoms with E-state index in [-0.39, 0.29) is 6.03 Å². The highest BCUT2D eigenvalue weighted by Gasteiger charge is 2.19. The van der Waals surface area contributed by atoms with Gasteiger partial charge in [-0.3, -0.25) is 4.90 Å². The van der Waals surface area contributed by atoms with E-state index in [1.54, 1.807) is 0 Å². The van der Waals surface area contributed by atoms with Crippen molar-refractivity contribution in [3.05, 3.63) is 29.8 Å². The molecule has 1 aliphatic carbocycles. The van der Waals surface area contributed by atoms with Gasteiger partial charge in [0.25, 0.3) is 0 Å². The van der Waals surface area contributed by atoms with Crippen LogP contribution in [0.4, 0.5) is 10.5 Å². The molecule has 0 saturated heterocycles. The minimum atomic E-state index is 0.0417. The van der Waals surface area contributed by atoms with E-state index in [0.29, 0.717) is 12.6 Å². The molecular weight excluding hydrogens is 236 g/mol. The van der Waals surface area contributed by atoms with Gasteiger partial charge >= 0.3 is 6.03 Å². The summed E-state index contributed by atoms with van der Waals surface area (Å²) < 4.78 is 0. The first kappa shape index (κ1) is 13.9. The Balaban J connectivity index is 2.02. The SMILES string of the molecule is CCN(C(=O)NC1CCCCC1)c1cccc(C)c1. The van der Waals surface area contributed by atoms with Gasteiger partial charge in [0.15, 0.2) is 0 Å². The molecule has 1 aromatic carbocycles. The predicted octanol–water partition coefficient (Wildman–Crippen LogP) is 3.86. The Morgan fingerprint density at radius 1 is 1.32 bits per heavy atom. The highest BCUT2D eigenvalue weighted by molar-refractivity contribution is 5.92. The van der Waals surface area contributed by atoms with E-state index >= 15 is 0 Å². The Labute approximate surface area is 116 Å². The van der Waals surface area contributed by atoms with Crippen molar-refractivity contribution in [2.24, 2.45) is 0 Å². The maximum absolute atomic E-state index is 12.4. The second-order valence-corrected chi connectivity index (χ2v) is 5.37. The monoisotopic (exact) mass is 260 g/mol. The minimum absolute atomic E-state index is 0.0417. The van der Waals surface area contributed by atoms with Crippen molar-refractivity contribution in [2.45, 2.75) is 52.0 Å². The zero-order chi connectivity index (χ0) is 13.7. The van der Waals surface area contributed by atoms with Crippen LogP contribution in [0.25, 0.3) is 0 Å². The smallest absolute Gasteiger partial charge is 0.322 e. The van der Waals surface area contributed by atoms with Gasteiger partial charge in [0.05, 0.1) is 0 Å². The lowest BCUT2D eigenvalue weighted by Crippen LogP contribution is -2.45. The zero-order valence-electron chi connectivity index (χ0n) is 12.0. The van der Waals surface area contributed by atoms with Crippen LogP contribution in [0.15, 0.2) is 24.3 Å². The molecule has 1 saturated carbocycles. The fraction of sp³-hybridized carbons (Fsp3) is 0.562. The van der Waals surface area contributed by atoms with Crippen LogP contribution in [-0.4, -0.2) is 18.6 Å². The molecule has 0 unspecified atom stereocenters. The van der Waals surface area contributed by atoms with E-state index < -0.39 is 0 Å². The molecule has 1 fully saturated rings. The van der Waals surface area contributed by atoms with Crippen molar-refractivity contribution in [2.75, 3.05) is 11.4 Å². The molecule has 0 spiro atoms. The molecule has 0 aromatic heterocycles. The average Bonchev–Trinajstić information content (AvgIpc) is 2.41. The van der Waals surface area contributed by atoms with Gasteiger partial charge in [-0.15, -0.1) is 0 Å². The third-order valence-corrected chi connectivity index (χ3v) is 3.81. The van der Waals surface area contributed by atoms with Gasteiger partial charge in [0, 0.05) is 18.3 Å². The molecule has 2 rings (SSSR count). The minimum Gasteiger partial charge on any atom is -0.335 e. The fourth-order valence-corrected chi connectivity index (χ4v) is 2.74. The van der Waals surface area contributed by atoms with E-state index in [1.807, 2.05) is 24.0 Å². The van der Waals surface area contributed by atoms with Crippen molar-refractivity contribution in [3.63, 3.8) is 0 Å². The van der Waals surface area contributed by atoms with Crippen molar-refractivity contribution in [1.82, 2.24) is 5.32 Å². The van der Waals surface area contributed by atoms with Crippen LogP contribution in [0.2, 0.25) is 0 Å². The number of rotatable bonds is 3. The summed E-state index contributed by atoms with van der Waals surface area (Å²) in [6.45, 7) is 4.77. The lowest BCUT2D eigenvalue weighted by atomic mass is 9.96. The molecule has 19 heavy (non-hydrogen) atoms. The largest absolute Gasteiger partial charge is 0.335 e. The highest BCUT2D eigenvalue weighted by atomic mass is 16.2. The normalized spacial score (nSPS) is 16.1. The number of amides is 2. The summed E-state index contributed by atoms with van der Waals surface area (Å²) in [6.07, 6.45) is 6.03. The first-order valence-electron chi connectivity index (χ1n) is 7.35. The quantitative estimate of drug-likeness (QED) is 0.879. The van der Waals surface area contributed by atoms with Crippen molar-refractivity contribution < 1.29 is 4.79 Å². The van der Waals surface area contributed by atoms with Gasteiger partial charge in [0.1, 0.15) is 0 Å². The average molecular weight is 260 g/mol. The number of carbonyl (C=O) groups excluding carboxylic acids is 1. The first-order valence-corrected chi connectivity index (χ1v) is 7.35. The Morgan fingerprint density at radius 2 is 2.05 bits per heavy atom. The summed E-state index contributed by atoms with van der Waals surface area (Å²) in [5.41, 5.74) is 2.16. The van der Waals surface area contributed by atoms with E-state index in [4.69, 9.17) is 0 Å². The maximum Gasteiger partial charge on any atom is 0.322 e. The molecule has 1 N–H and O–H groups in total. The summed E-state index contributed by atoms with van der Waals surface area (Å²) in [5.74, 6) is 0. The summed E-state index contributed by atoms with van der Waals surface area (Å²) in [4.78, 5) is 14.2. The van der Waals surface area contributed by atoms with Crippen LogP contribution in [0.1, 0.15) is 44.6 Å². The standard InChI is InChI=1S/C16H24N2O/c1-3-18(15-11-7-8-13(2)12-15)16(19)17-14-9-5-4-6-10-14/h7-8,11-12,14H,3-6,9-10H2,1-2H3,(H,17,19). The Kier molecular flexibility index (Phi) is 4.83. The molecule has 0 radical (unpaired) electrons. The molecule has 0 atom stereocenters. The number of hydrogen-bond donors (Lipinski definition) is 1. The van der Waals surface area contributed by atoms with E-state index in [2.05, 4.69) is 24.4 Å². The Morgan fingerprint density at radius 3 is 2.68 bits per heavy atom. The van der Waals surface area contributed by atoms with Gasteiger partial charge in [-0.05, 0) is 44.4 Å². The van der Waals surface area contributed by atoms with Crippen molar-refractivity contribution in [1.29, 1.82) is 0 Å². The van der Waals surface area contributed by atoms with E-state index in [0.717, 1.165) is 18.5 Å². The summed E-state index contributed by atoms with van der Waals surface area (Å²) in [5, 5.41) is 3.17. The summed E-state index contributed by atoms with van der Waals surface area (Å²) >= 11 is 0. The van der Waals surface area contributed by atoms with E-state index in [1.165, 1.54) is 24.8 Å². The number of benzene rings is 1. The summed E-state index contributed by atoms with van der Waals surface area (Å²) in [7, 11) is 0. The molecule has 3 heteroatoms. The molecular formula is C16H24N2O. The van der Waals surface area contributed by atoms with Crippen LogP contribution < -0.4 is 10.2 Å². The van der Waals surface area contributed by atoms with Crippen molar-refractivity contribution >= 4 is 11.7 Å². The van der Waals surface area contributed by atoms with Gasteiger partial charge in [-0.25, -0.2) is 4.79 Å². The molecule has 1 aliphatic rings. The zero-order valence-corrected chi connectivity index (χ0v) is 12.0. The molecule has 2 amide bonds. The lowest BCUT2D eigenvalue weighted by Gasteiger charge is -2.28. The number of urea groups is 1. The number of carbonyl (C=O) groups is 1. The number of anilines is 1. The predicted molar refractivity (Wildman–Crippen MR) is 79.6 cm³/mol. The van der Waals surface area contributed by atoms with E-state index in [9.17, 15) is 4.79 Å². The van der Waals surface area contributed by atoms with Gasteiger partial charge in [-0.1, -0.05) is 31.4 Å². The highest BCUT2D eigenvalue weighted by Crippen LogP contribution is 2.19. The van der Waals surface area contributed by atoms with Crippen molar-refractivity contribution in [3.8, 4) is 0 Å². The van der Waals surface area contributed by atoms with Crippen LogP contribution in [-0.2, 0) is 0 Å². The van der Waals surface area contributed by atoms with Crippen LogP contribution in [0.5, 0.6) is 0 Å². The second kappa shape index (κ2) is 6.60.